The van der Waals surface area contributed by atoms with Gasteiger partial charge in [-0.3, -0.25) is 4.57 Å². The molecule has 5 nitrogen and oxygen atoms in total. The first-order chi connectivity index (χ1) is 28.8. The van der Waals surface area contributed by atoms with Crippen molar-refractivity contribution in [1.82, 2.24) is 24.5 Å². The van der Waals surface area contributed by atoms with Crippen molar-refractivity contribution in [2.75, 3.05) is 0 Å². The fourth-order valence-electron chi connectivity index (χ4n) is 8.67. The molecule has 12 aromatic rings. The summed E-state index contributed by atoms with van der Waals surface area (Å²) in [7, 11) is 0. The molecule has 0 saturated carbocycles. The second-order valence-electron chi connectivity index (χ2n) is 14.6. The molecule has 12 rings (SSSR count). The van der Waals surface area contributed by atoms with Crippen molar-refractivity contribution in [2.45, 2.75) is 0 Å². The summed E-state index contributed by atoms with van der Waals surface area (Å²) >= 11 is 1.78. The Morgan fingerprint density at radius 3 is 1.60 bits per heavy atom. The highest BCUT2D eigenvalue weighted by Gasteiger charge is 2.22. The summed E-state index contributed by atoms with van der Waals surface area (Å²) in [5.41, 5.74) is 6.96. The van der Waals surface area contributed by atoms with Crippen molar-refractivity contribution in [3.63, 3.8) is 0 Å². The van der Waals surface area contributed by atoms with Crippen LogP contribution >= 0.6 is 11.3 Å². The van der Waals surface area contributed by atoms with Crippen LogP contribution in [-0.2, 0) is 0 Å². The molecule has 0 radical (unpaired) electrons. The zero-order chi connectivity index (χ0) is 38.2. The summed E-state index contributed by atoms with van der Waals surface area (Å²) in [5, 5.41) is 9.55. The van der Waals surface area contributed by atoms with Gasteiger partial charge in [-0.15, -0.1) is 11.3 Å². The molecule has 0 N–H and O–H groups in total. The fourth-order valence-corrected chi connectivity index (χ4v) is 9.83. The number of fused-ring (bicyclic) bond motifs is 10. The van der Waals surface area contributed by atoms with Gasteiger partial charge in [0.2, 0.25) is 0 Å². The Labute approximate surface area is 337 Å². The second kappa shape index (κ2) is 13.0. The molecule has 58 heavy (non-hydrogen) atoms. The van der Waals surface area contributed by atoms with Crippen LogP contribution < -0.4 is 0 Å². The van der Waals surface area contributed by atoms with E-state index >= 15 is 0 Å². The second-order valence-corrected chi connectivity index (χ2v) is 15.7. The maximum absolute atomic E-state index is 5.35. The Kier molecular flexibility index (Phi) is 7.33. The van der Waals surface area contributed by atoms with Gasteiger partial charge in [-0.25, -0.2) is 19.9 Å². The minimum atomic E-state index is 0.629. The molecule has 6 heteroatoms. The highest BCUT2D eigenvalue weighted by atomic mass is 32.1. The fraction of sp³-hybridized carbons (Fsp3) is 0. The molecule has 3 heterocycles. The van der Waals surface area contributed by atoms with Crippen LogP contribution in [0.4, 0.5) is 0 Å². The first-order valence-corrected chi connectivity index (χ1v) is 20.2. The van der Waals surface area contributed by atoms with Crippen LogP contribution in [0.2, 0.25) is 0 Å². The SMILES string of the molecule is c1ccc(-c2nc(-c3ccc4c5ccccc5c5ccccc5c4c3)nc(-c3cccc4sc5cccc(-c6nc7ccccc7n6-c6ccccc6)c5c34)n2)cc1. The van der Waals surface area contributed by atoms with E-state index in [0.717, 1.165) is 60.3 Å². The molecule has 0 amide bonds. The Balaban J connectivity index is 1.12. The van der Waals surface area contributed by atoms with E-state index in [1.165, 1.54) is 37.0 Å². The van der Waals surface area contributed by atoms with Gasteiger partial charge in [0.1, 0.15) is 5.82 Å². The average Bonchev–Trinajstić information content (AvgIpc) is 3.89. The molecule has 270 valence electrons. The van der Waals surface area contributed by atoms with Gasteiger partial charge in [0.05, 0.1) is 11.0 Å². The molecule has 9 aromatic carbocycles. The van der Waals surface area contributed by atoms with Gasteiger partial charge in [0.25, 0.3) is 0 Å². The lowest BCUT2D eigenvalue weighted by Crippen LogP contribution is -2.01. The summed E-state index contributed by atoms with van der Waals surface area (Å²) in [6, 6.07) is 66.1. The molecule has 0 bridgehead atoms. The average molecular weight is 758 g/mol. The lowest BCUT2D eigenvalue weighted by Gasteiger charge is -2.13. The molecular formula is C52H31N5S. The highest BCUT2D eigenvalue weighted by Crippen LogP contribution is 2.45. The van der Waals surface area contributed by atoms with E-state index in [9.17, 15) is 0 Å². The highest BCUT2D eigenvalue weighted by molar-refractivity contribution is 7.26. The number of aromatic nitrogens is 5. The maximum Gasteiger partial charge on any atom is 0.164 e. The number of thiophene rings is 1. The summed E-state index contributed by atoms with van der Waals surface area (Å²) in [6.07, 6.45) is 0. The van der Waals surface area contributed by atoms with Crippen molar-refractivity contribution in [1.29, 1.82) is 0 Å². The van der Waals surface area contributed by atoms with E-state index < -0.39 is 0 Å². The first-order valence-electron chi connectivity index (χ1n) is 19.4. The third-order valence-electron chi connectivity index (χ3n) is 11.2. The largest absolute Gasteiger partial charge is 0.292 e. The predicted molar refractivity (Wildman–Crippen MR) is 242 cm³/mol. The summed E-state index contributed by atoms with van der Waals surface area (Å²) in [6.45, 7) is 0. The number of hydrogen-bond acceptors (Lipinski definition) is 5. The molecule has 0 fully saturated rings. The monoisotopic (exact) mass is 757 g/mol. The van der Waals surface area contributed by atoms with E-state index in [2.05, 4.69) is 174 Å². The zero-order valence-electron chi connectivity index (χ0n) is 31.0. The summed E-state index contributed by atoms with van der Waals surface area (Å²) in [4.78, 5) is 21.1. The standard InChI is InChI=1S/C52H31N5S/c1-3-15-32(16-4-1)49-54-50(33-29-30-39-37-21-8-7-19-35(37)36-20-9-10-22-38(36)42(39)31-33)56-51(55-49)40-23-13-27-45-47(40)48-41(24-14-28-46(48)58-45)52-53-43-25-11-12-26-44(43)57(52)34-17-5-2-6-18-34/h1-31H. The molecule has 0 saturated heterocycles. The van der Waals surface area contributed by atoms with Gasteiger partial charge in [-0.1, -0.05) is 146 Å². The number of nitrogens with zero attached hydrogens (tertiary/aromatic N) is 5. The van der Waals surface area contributed by atoms with E-state index in [1.54, 1.807) is 11.3 Å². The van der Waals surface area contributed by atoms with Gasteiger partial charge in [-0.05, 0) is 74.8 Å². The minimum Gasteiger partial charge on any atom is -0.292 e. The molecule has 3 aromatic heterocycles. The third kappa shape index (κ3) is 5.09. The minimum absolute atomic E-state index is 0.629. The Hall–Kier alpha value is -7.54. The van der Waals surface area contributed by atoms with Crippen molar-refractivity contribution >= 4 is 74.9 Å². The number of benzene rings is 9. The number of para-hydroxylation sites is 3. The Morgan fingerprint density at radius 2 is 0.897 bits per heavy atom. The third-order valence-corrected chi connectivity index (χ3v) is 12.4. The van der Waals surface area contributed by atoms with Crippen LogP contribution in [0.5, 0.6) is 0 Å². The number of hydrogen-bond donors (Lipinski definition) is 0. The van der Waals surface area contributed by atoms with Crippen molar-refractivity contribution in [3.8, 4) is 51.2 Å². The molecule has 0 atom stereocenters. The van der Waals surface area contributed by atoms with Crippen LogP contribution in [0, 0.1) is 0 Å². The molecule has 0 aliphatic heterocycles. The summed E-state index contributed by atoms with van der Waals surface area (Å²) in [5.74, 6) is 2.78. The van der Waals surface area contributed by atoms with Crippen molar-refractivity contribution in [2.24, 2.45) is 0 Å². The number of imidazole rings is 1. The zero-order valence-corrected chi connectivity index (χ0v) is 31.9. The van der Waals surface area contributed by atoms with E-state index in [-0.39, 0.29) is 0 Å². The Bertz CT molecular complexity index is 3540. The van der Waals surface area contributed by atoms with E-state index in [1.807, 2.05) is 18.2 Å². The normalized spacial score (nSPS) is 11.8. The van der Waals surface area contributed by atoms with Gasteiger partial charge < -0.3 is 0 Å². The Morgan fingerprint density at radius 1 is 0.362 bits per heavy atom. The van der Waals surface area contributed by atoms with Crippen LogP contribution in [0.25, 0.3) is 115 Å². The molecule has 0 unspecified atom stereocenters. The first kappa shape index (κ1) is 32.7. The van der Waals surface area contributed by atoms with Crippen LogP contribution in [0.1, 0.15) is 0 Å². The topological polar surface area (TPSA) is 56.5 Å². The van der Waals surface area contributed by atoms with E-state index in [0.29, 0.717) is 17.5 Å². The maximum atomic E-state index is 5.35. The van der Waals surface area contributed by atoms with Crippen LogP contribution in [-0.4, -0.2) is 24.5 Å². The molecule has 0 aliphatic rings. The van der Waals surface area contributed by atoms with Crippen molar-refractivity contribution in [3.05, 3.63) is 188 Å². The van der Waals surface area contributed by atoms with Crippen LogP contribution in [0.15, 0.2) is 188 Å². The van der Waals surface area contributed by atoms with Crippen molar-refractivity contribution < 1.29 is 0 Å². The van der Waals surface area contributed by atoms with Gasteiger partial charge >= 0.3 is 0 Å². The van der Waals surface area contributed by atoms with Gasteiger partial charge in [0, 0.05) is 48.1 Å². The molecular weight excluding hydrogens is 727 g/mol. The molecule has 0 spiro atoms. The van der Waals surface area contributed by atoms with Crippen LogP contribution in [0.3, 0.4) is 0 Å². The van der Waals surface area contributed by atoms with Gasteiger partial charge in [0.15, 0.2) is 17.5 Å². The lowest BCUT2D eigenvalue weighted by atomic mass is 9.93. The lowest BCUT2D eigenvalue weighted by molar-refractivity contribution is 1.08. The smallest absolute Gasteiger partial charge is 0.164 e. The summed E-state index contributed by atoms with van der Waals surface area (Å²) < 4.78 is 4.62. The number of rotatable bonds is 5. The predicted octanol–water partition coefficient (Wildman–Crippen LogP) is 13.7. The van der Waals surface area contributed by atoms with E-state index in [4.69, 9.17) is 19.9 Å². The quantitative estimate of drug-likeness (QED) is 0.164. The molecule has 0 aliphatic carbocycles. The van der Waals surface area contributed by atoms with Gasteiger partial charge in [-0.2, -0.15) is 0 Å².